The summed E-state index contributed by atoms with van der Waals surface area (Å²) in [7, 11) is 1.67. The van der Waals surface area contributed by atoms with Crippen molar-refractivity contribution in [3.63, 3.8) is 0 Å². The Morgan fingerprint density at radius 2 is 2.09 bits per heavy atom. The average Bonchev–Trinajstić information content (AvgIpc) is 2.90. The number of H-pyrrole nitrogens is 1. The van der Waals surface area contributed by atoms with Crippen LogP contribution in [0.1, 0.15) is 30.2 Å². The molecule has 1 aliphatic rings. The van der Waals surface area contributed by atoms with Crippen LogP contribution in [0, 0.1) is 12.8 Å². The van der Waals surface area contributed by atoms with Crippen LogP contribution < -0.4 is 9.61 Å². The predicted octanol–water partition coefficient (Wildman–Crippen LogP) is 3.65. The third-order valence-electron chi connectivity index (χ3n) is 4.59. The van der Waals surface area contributed by atoms with E-state index in [-0.39, 0.29) is 4.87 Å². The molecule has 0 saturated carbocycles. The Morgan fingerprint density at radius 1 is 1.35 bits per heavy atom. The maximum Gasteiger partial charge on any atom is 0.305 e. The van der Waals surface area contributed by atoms with Crippen molar-refractivity contribution in [1.29, 1.82) is 0 Å². The molecule has 2 aromatic rings. The monoisotopic (exact) mass is 332 g/mol. The molecule has 3 rings (SSSR count). The van der Waals surface area contributed by atoms with E-state index in [2.05, 4.69) is 29.8 Å². The molecular formula is C18H24N2O2S. The molecule has 1 saturated heterocycles. The van der Waals surface area contributed by atoms with Gasteiger partial charge in [-0.15, -0.1) is 0 Å². The van der Waals surface area contributed by atoms with Gasteiger partial charge in [0.25, 0.3) is 0 Å². The molecule has 1 fully saturated rings. The fourth-order valence-corrected chi connectivity index (χ4v) is 4.02. The Hall–Kier alpha value is -1.59. The number of benzene rings is 1. The van der Waals surface area contributed by atoms with Gasteiger partial charge in [0.15, 0.2) is 0 Å². The molecule has 124 valence electrons. The number of hydrogen-bond acceptors (Lipinski definition) is 4. The Morgan fingerprint density at radius 3 is 2.78 bits per heavy atom. The van der Waals surface area contributed by atoms with Crippen LogP contribution in [-0.4, -0.2) is 30.1 Å². The summed E-state index contributed by atoms with van der Waals surface area (Å²) in [6.07, 6.45) is 2.48. The van der Waals surface area contributed by atoms with E-state index >= 15 is 0 Å². The lowest BCUT2D eigenvalue weighted by atomic mass is 9.99. The zero-order valence-electron chi connectivity index (χ0n) is 14.0. The number of aromatic amines is 1. The molecule has 0 radical (unpaired) electrons. The van der Waals surface area contributed by atoms with Gasteiger partial charge in [-0.05, 0) is 50.9 Å². The summed E-state index contributed by atoms with van der Waals surface area (Å²) in [6, 6.07) is 6.07. The number of nitrogens with one attached hydrogen (secondary N) is 1. The number of piperidine rings is 1. The molecule has 0 aliphatic carbocycles. The largest absolute Gasteiger partial charge is 0.496 e. The molecule has 1 aromatic carbocycles. The first kappa shape index (κ1) is 16.3. The molecular weight excluding hydrogens is 308 g/mol. The summed E-state index contributed by atoms with van der Waals surface area (Å²) >= 11 is 1.32. The van der Waals surface area contributed by atoms with Crippen LogP contribution in [0.25, 0.3) is 11.3 Å². The van der Waals surface area contributed by atoms with E-state index < -0.39 is 0 Å². The molecule has 1 aromatic heterocycles. The highest BCUT2D eigenvalue weighted by atomic mass is 32.1. The highest BCUT2D eigenvalue weighted by molar-refractivity contribution is 7.09. The van der Waals surface area contributed by atoms with Crippen LogP contribution in [0.4, 0.5) is 0 Å². The zero-order chi connectivity index (χ0) is 16.4. The summed E-state index contributed by atoms with van der Waals surface area (Å²) in [5.74, 6) is 1.62. The van der Waals surface area contributed by atoms with E-state index in [1.807, 2.05) is 12.1 Å². The van der Waals surface area contributed by atoms with Crippen molar-refractivity contribution in [2.45, 2.75) is 33.2 Å². The number of likely N-dealkylation sites (tertiary alicyclic amines) is 1. The average molecular weight is 332 g/mol. The number of thiazole rings is 1. The van der Waals surface area contributed by atoms with Crippen molar-refractivity contribution in [2.75, 3.05) is 20.2 Å². The first-order valence-corrected chi connectivity index (χ1v) is 8.98. The number of aryl methyl sites for hydroxylation is 1. The minimum atomic E-state index is 0.00365. The van der Waals surface area contributed by atoms with Gasteiger partial charge < -0.3 is 9.72 Å². The van der Waals surface area contributed by atoms with E-state index in [4.69, 9.17) is 4.74 Å². The quantitative estimate of drug-likeness (QED) is 0.929. The lowest BCUT2D eigenvalue weighted by molar-refractivity contribution is 0.187. The van der Waals surface area contributed by atoms with Gasteiger partial charge in [-0.3, -0.25) is 9.69 Å². The highest BCUT2D eigenvalue weighted by Crippen LogP contribution is 2.33. The number of nitrogens with zero attached hydrogens (tertiary/aromatic N) is 1. The molecule has 4 nitrogen and oxygen atoms in total. The van der Waals surface area contributed by atoms with E-state index in [0.29, 0.717) is 0 Å². The van der Waals surface area contributed by atoms with Crippen LogP contribution >= 0.6 is 11.3 Å². The van der Waals surface area contributed by atoms with Crippen LogP contribution in [0.5, 0.6) is 5.75 Å². The van der Waals surface area contributed by atoms with Crippen molar-refractivity contribution in [2.24, 2.45) is 5.92 Å². The van der Waals surface area contributed by atoms with Crippen LogP contribution in [-0.2, 0) is 6.54 Å². The Balaban J connectivity index is 1.92. The maximum absolute atomic E-state index is 12.0. The predicted molar refractivity (Wildman–Crippen MR) is 95.3 cm³/mol. The molecule has 5 heteroatoms. The standard InChI is InChI=1S/C18H24N2O2S/c1-12-6-8-20(9-7-12)11-16-17(19-18(21)23-16)14-10-13(2)4-5-15(14)22-3/h4-5,10,12H,6-9,11H2,1-3H3,(H,19,21). The summed E-state index contributed by atoms with van der Waals surface area (Å²) in [6.45, 7) is 7.42. The van der Waals surface area contributed by atoms with Gasteiger partial charge in [0.05, 0.1) is 12.8 Å². The lowest BCUT2D eigenvalue weighted by Gasteiger charge is -2.29. The number of aromatic nitrogens is 1. The van der Waals surface area contributed by atoms with Gasteiger partial charge in [-0.25, -0.2) is 0 Å². The third-order valence-corrected chi connectivity index (χ3v) is 5.46. The summed E-state index contributed by atoms with van der Waals surface area (Å²) in [4.78, 5) is 18.5. The molecule has 1 N–H and O–H groups in total. The van der Waals surface area contributed by atoms with Crippen molar-refractivity contribution in [1.82, 2.24) is 9.88 Å². The Bertz CT molecular complexity index is 727. The Labute approximate surface area is 141 Å². The zero-order valence-corrected chi connectivity index (χ0v) is 14.8. The van der Waals surface area contributed by atoms with Crippen molar-refractivity contribution in [3.05, 3.63) is 38.3 Å². The Kier molecular flexibility index (Phi) is 4.87. The van der Waals surface area contributed by atoms with E-state index in [1.54, 1.807) is 7.11 Å². The van der Waals surface area contributed by atoms with Gasteiger partial charge in [0.1, 0.15) is 5.75 Å². The fourth-order valence-electron chi connectivity index (χ4n) is 3.13. The summed E-state index contributed by atoms with van der Waals surface area (Å²) in [5.41, 5.74) is 3.05. The van der Waals surface area contributed by atoms with E-state index in [9.17, 15) is 4.79 Å². The van der Waals surface area contributed by atoms with Crippen molar-refractivity contribution < 1.29 is 4.74 Å². The minimum Gasteiger partial charge on any atom is -0.496 e. The first-order valence-electron chi connectivity index (χ1n) is 8.16. The smallest absolute Gasteiger partial charge is 0.305 e. The van der Waals surface area contributed by atoms with Gasteiger partial charge in [0.2, 0.25) is 0 Å². The first-order chi connectivity index (χ1) is 11.1. The second-order valence-electron chi connectivity index (χ2n) is 6.48. The second kappa shape index (κ2) is 6.89. The van der Waals surface area contributed by atoms with Crippen LogP contribution in [0.3, 0.4) is 0 Å². The number of hydrogen-bond donors (Lipinski definition) is 1. The molecule has 0 bridgehead atoms. The minimum absolute atomic E-state index is 0.00365. The molecule has 2 heterocycles. The highest BCUT2D eigenvalue weighted by Gasteiger charge is 2.20. The SMILES string of the molecule is COc1ccc(C)cc1-c1[nH]c(=O)sc1CN1CCC(C)CC1. The topological polar surface area (TPSA) is 45.3 Å². The van der Waals surface area contributed by atoms with Gasteiger partial charge in [-0.2, -0.15) is 0 Å². The van der Waals surface area contributed by atoms with Crippen LogP contribution in [0.15, 0.2) is 23.0 Å². The number of rotatable bonds is 4. The number of ether oxygens (including phenoxy) is 1. The molecule has 0 atom stereocenters. The van der Waals surface area contributed by atoms with Crippen molar-refractivity contribution in [3.8, 4) is 17.0 Å². The normalized spacial score (nSPS) is 16.7. The van der Waals surface area contributed by atoms with Gasteiger partial charge in [0, 0.05) is 17.0 Å². The van der Waals surface area contributed by atoms with Gasteiger partial charge in [-0.1, -0.05) is 29.9 Å². The third kappa shape index (κ3) is 3.67. The molecule has 0 unspecified atom stereocenters. The molecule has 0 spiro atoms. The van der Waals surface area contributed by atoms with E-state index in [1.165, 1.54) is 24.2 Å². The molecule has 1 aliphatic heterocycles. The second-order valence-corrected chi connectivity index (χ2v) is 7.54. The van der Waals surface area contributed by atoms with E-state index in [0.717, 1.165) is 53.0 Å². The maximum atomic E-state index is 12.0. The number of methoxy groups -OCH3 is 1. The van der Waals surface area contributed by atoms with Gasteiger partial charge >= 0.3 is 4.87 Å². The van der Waals surface area contributed by atoms with Crippen molar-refractivity contribution >= 4 is 11.3 Å². The lowest BCUT2D eigenvalue weighted by Crippen LogP contribution is -2.32. The van der Waals surface area contributed by atoms with Crippen LogP contribution in [0.2, 0.25) is 0 Å². The summed E-state index contributed by atoms with van der Waals surface area (Å²) in [5, 5.41) is 0. The fraction of sp³-hybridized carbons (Fsp3) is 0.500. The molecule has 23 heavy (non-hydrogen) atoms. The summed E-state index contributed by atoms with van der Waals surface area (Å²) < 4.78 is 5.49. The molecule has 0 amide bonds.